The maximum atomic E-state index is 12.9. The minimum atomic E-state index is -5.08. The third-order valence-corrected chi connectivity index (χ3v) is 4.02. The van der Waals surface area contributed by atoms with Gasteiger partial charge in [-0.05, 0) is 31.2 Å². The summed E-state index contributed by atoms with van der Waals surface area (Å²) in [5, 5.41) is 10.5. The number of halogens is 3. The molecule has 0 saturated carbocycles. The van der Waals surface area contributed by atoms with Gasteiger partial charge in [-0.15, -0.1) is 0 Å². The number of hydrogen-bond acceptors (Lipinski definition) is 5. The molecule has 150 valence electrons. The number of rotatable bonds is 0. The number of carboxylic acids is 1. The Labute approximate surface area is 160 Å². The number of hydrogen-bond donors (Lipinski definition) is 2. The van der Waals surface area contributed by atoms with E-state index in [-0.39, 0.29) is 17.5 Å². The van der Waals surface area contributed by atoms with Crippen LogP contribution in [0.2, 0.25) is 0 Å². The van der Waals surface area contributed by atoms with Crippen molar-refractivity contribution in [2.75, 3.05) is 0 Å². The number of nitrogens with one attached hydrogen (secondary N) is 1. The number of nitrogens with zero attached hydrogens (tertiary/aromatic N) is 3. The molecule has 1 unspecified atom stereocenters. The molecule has 1 aliphatic heterocycles. The molecular formula is C18H13F3N4O4. The molecule has 8 nitrogen and oxygen atoms in total. The van der Waals surface area contributed by atoms with Crippen molar-refractivity contribution < 1.29 is 27.9 Å². The first kappa shape index (κ1) is 20.0. The molecule has 0 bridgehead atoms. The summed E-state index contributed by atoms with van der Waals surface area (Å²) in [7, 11) is 0. The van der Waals surface area contributed by atoms with Crippen molar-refractivity contribution in [2.24, 2.45) is 0 Å². The van der Waals surface area contributed by atoms with E-state index in [1.54, 1.807) is 43.5 Å². The average molecular weight is 406 g/mol. The van der Waals surface area contributed by atoms with Gasteiger partial charge in [-0.3, -0.25) is 9.59 Å². The Bertz CT molecular complexity index is 1170. The molecule has 1 atom stereocenters. The lowest BCUT2D eigenvalue weighted by Crippen LogP contribution is -2.28. The lowest BCUT2D eigenvalue weighted by atomic mass is 10.2. The Morgan fingerprint density at radius 1 is 1.17 bits per heavy atom. The highest BCUT2D eigenvalue weighted by molar-refractivity contribution is 5.98. The first-order valence-electron chi connectivity index (χ1n) is 8.19. The van der Waals surface area contributed by atoms with Crippen molar-refractivity contribution in [1.82, 2.24) is 19.9 Å². The number of para-hydroxylation sites is 1. The van der Waals surface area contributed by atoms with Crippen LogP contribution >= 0.6 is 0 Å². The van der Waals surface area contributed by atoms with Crippen molar-refractivity contribution in [1.29, 1.82) is 0 Å². The van der Waals surface area contributed by atoms with Crippen LogP contribution < -0.4 is 10.9 Å². The van der Waals surface area contributed by atoms with Crippen LogP contribution in [0.5, 0.6) is 0 Å². The number of alkyl halides is 3. The molecule has 1 aliphatic rings. The summed E-state index contributed by atoms with van der Waals surface area (Å²) in [6, 6.07) is 10.1. The molecule has 0 fully saturated rings. The van der Waals surface area contributed by atoms with Crippen LogP contribution in [0.15, 0.2) is 47.4 Å². The Balaban J connectivity index is 0.000000298. The lowest BCUT2D eigenvalue weighted by Gasteiger charge is -2.14. The summed E-state index contributed by atoms with van der Waals surface area (Å²) in [6.07, 6.45) is -3.52. The van der Waals surface area contributed by atoms with E-state index in [1.807, 2.05) is 6.07 Å². The van der Waals surface area contributed by atoms with Gasteiger partial charge in [-0.25, -0.2) is 19.3 Å². The second-order valence-electron chi connectivity index (χ2n) is 6.00. The number of pyridine rings is 1. The van der Waals surface area contributed by atoms with E-state index in [0.29, 0.717) is 28.1 Å². The molecule has 2 N–H and O–H groups in total. The van der Waals surface area contributed by atoms with Crippen molar-refractivity contribution in [2.45, 2.75) is 19.1 Å². The van der Waals surface area contributed by atoms with Gasteiger partial charge in [0.15, 0.2) is 5.82 Å². The number of carbonyl (C=O) groups is 2. The van der Waals surface area contributed by atoms with Crippen LogP contribution in [0, 0.1) is 0 Å². The zero-order valence-corrected chi connectivity index (χ0v) is 14.8. The minimum absolute atomic E-state index is 0.219. The molecule has 0 saturated heterocycles. The van der Waals surface area contributed by atoms with Crippen LogP contribution in [0.3, 0.4) is 0 Å². The van der Waals surface area contributed by atoms with E-state index < -0.39 is 12.1 Å². The molecule has 3 heterocycles. The van der Waals surface area contributed by atoms with Gasteiger partial charge in [0.25, 0.3) is 11.5 Å². The van der Waals surface area contributed by atoms with Crippen LogP contribution in [-0.2, 0) is 4.79 Å². The fraction of sp³-hybridized carbons (Fsp3) is 0.167. The van der Waals surface area contributed by atoms with Crippen LogP contribution in [0.25, 0.3) is 16.7 Å². The largest absolute Gasteiger partial charge is 0.490 e. The molecule has 11 heteroatoms. The number of aromatic nitrogens is 3. The van der Waals surface area contributed by atoms with Gasteiger partial charge in [0, 0.05) is 6.20 Å². The molecular weight excluding hydrogens is 393 g/mol. The summed E-state index contributed by atoms with van der Waals surface area (Å²) < 4.78 is 33.2. The van der Waals surface area contributed by atoms with Gasteiger partial charge in [-0.1, -0.05) is 12.1 Å². The quantitative estimate of drug-likeness (QED) is 0.592. The topological polar surface area (TPSA) is 114 Å². The standard InChI is InChI=1S/C16H12N4O2.C2HF3O2/c1-9-13-19-12-7-3-2-5-10(12)16(22)20(13)14-11(15(21)18-9)6-4-8-17-14;3-2(4,5)1(6)7/h2-9H,1H3,(H,18,21);(H,6,7). The van der Waals surface area contributed by atoms with Gasteiger partial charge in [-0.2, -0.15) is 13.2 Å². The third kappa shape index (κ3) is 3.79. The maximum absolute atomic E-state index is 12.9. The number of aliphatic carboxylic acids is 1. The van der Waals surface area contributed by atoms with E-state index in [4.69, 9.17) is 9.90 Å². The maximum Gasteiger partial charge on any atom is 0.490 e. The summed E-state index contributed by atoms with van der Waals surface area (Å²) in [4.78, 5) is 42.9. The van der Waals surface area contributed by atoms with Crippen LogP contribution in [0.4, 0.5) is 13.2 Å². The molecule has 3 aromatic rings. The van der Waals surface area contributed by atoms with Gasteiger partial charge < -0.3 is 10.4 Å². The van der Waals surface area contributed by atoms with E-state index >= 15 is 0 Å². The Kier molecular flexibility index (Phi) is 5.06. The highest BCUT2D eigenvalue weighted by atomic mass is 19.4. The number of carbonyl (C=O) groups excluding carboxylic acids is 1. The first-order valence-corrected chi connectivity index (χ1v) is 8.19. The average Bonchev–Trinajstić information content (AvgIpc) is 2.77. The SMILES string of the molecule is CC1NC(=O)c2cccnc2-n2c1nc1ccccc1c2=O.O=C(O)C(F)(F)F. The van der Waals surface area contributed by atoms with E-state index in [2.05, 4.69) is 15.3 Å². The predicted octanol–water partition coefficient (Wildman–Crippen LogP) is 2.22. The number of amides is 1. The molecule has 0 spiro atoms. The van der Waals surface area contributed by atoms with Gasteiger partial charge in [0.2, 0.25) is 0 Å². The molecule has 1 amide bonds. The molecule has 2 aromatic heterocycles. The predicted molar refractivity (Wildman–Crippen MR) is 94.7 cm³/mol. The summed E-state index contributed by atoms with van der Waals surface area (Å²) in [5.41, 5.74) is 0.760. The lowest BCUT2D eigenvalue weighted by molar-refractivity contribution is -0.192. The fourth-order valence-electron chi connectivity index (χ4n) is 2.74. The van der Waals surface area contributed by atoms with Crippen LogP contribution in [0.1, 0.15) is 29.1 Å². The summed E-state index contributed by atoms with van der Waals surface area (Å²) in [6.45, 7) is 1.80. The van der Waals surface area contributed by atoms with E-state index in [9.17, 15) is 22.8 Å². The monoisotopic (exact) mass is 406 g/mol. The van der Waals surface area contributed by atoms with Crippen LogP contribution in [-0.4, -0.2) is 37.7 Å². The Morgan fingerprint density at radius 3 is 2.48 bits per heavy atom. The zero-order valence-electron chi connectivity index (χ0n) is 14.8. The normalized spacial score (nSPS) is 15.3. The highest BCUT2D eigenvalue weighted by Gasteiger charge is 2.38. The number of benzene rings is 1. The van der Waals surface area contributed by atoms with Gasteiger partial charge in [0.05, 0.1) is 22.5 Å². The van der Waals surface area contributed by atoms with Crippen molar-refractivity contribution in [3.63, 3.8) is 0 Å². The fourth-order valence-corrected chi connectivity index (χ4v) is 2.74. The third-order valence-electron chi connectivity index (χ3n) is 4.02. The molecule has 29 heavy (non-hydrogen) atoms. The Hall–Kier alpha value is -3.76. The molecule has 0 aliphatic carbocycles. The van der Waals surface area contributed by atoms with Gasteiger partial charge >= 0.3 is 12.1 Å². The van der Waals surface area contributed by atoms with Gasteiger partial charge in [0.1, 0.15) is 5.82 Å². The first-order chi connectivity index (χ1) is 13.6. The molecule has 1 aromatic carbocycles. The second-order valence-corrected chi connectivity index (χ2v) is 6.00. The molecule has 4 rings (SSSR count). The van der Waals surface area contributed by atoms with Crippen molar-refractivity contribution >= 4 is 22.8 Å². The Morgan fingerprint density at radius 2 is 1.83 bits per heavy atom. The summed E-state index contributed by atoms with van der Waals surface area (Å²) in [5.74, 6) is -2.21. The van der Waals surface area contributed by atoms with E-state index in [0.717, 1.165) is 0 Å². The smallest absolute Gasteiger partial charge is 0.475 e. The second kappa shape index (κ2) is 7.34. The highest BCUT2D eigenvalue weighted by Crippen LogP contribution is 2.22. The van der Waals surface area contributed by atoms with Crippen molar-refractivity contribution in [3.05, 3.63) is 64.3 Å². The van der Waals surface area contributed by atoms with E-state index in [1.165, 1.54) is 4.57 Å². The number of fused-ring (bicyclic) bond motifs is 4. The zero-order chi connectivity index (χ0) is 21.3. The molecule has 0 radical (unpaired) electrons. The minimum Gasteiger partial charge on any atom is -0.475 e. The van der Waals surface area contributed by atoms with Crippen molar-refractivity contribution in [3.8, 4) is 5.82 Å². The summed E-state index contributed by atoms with van der Waals surface area (Å²) >= 11 is 0. The number of carboxylic acid groups (broad SMARTS) is 1.